The highest BCUT2D eigenvalue weighted by molar-refractivity contribution is 7.89. The van der Waals surface area contributed by atoms with Gasteiger partial charge in [0, 0.05) is 30.7 Å². The Hall–Kier alpha value is -1.74. The van der Waals surface area contributed by atoms with Gasteiger partial charge in [-0.2, -0.15) is 4.31 Å². The van der Waals surface area contributed by atoms with E-state index in [0.29, 0.717) is 38.2 Å². The molecule has 0 saturated carbocycles. The lowest BCUT2D eigenvalue weighted by molar-refractivity contribution is 0.0570. The highest BCUT2D eigenvalue weighted by atomic mass is 32.2. The number of rotatable bonds is 6. The fourth-order valence-electron chi connectivity index (χ4n) is 2.96. The second kappa shape index (κ2) is 8.30. The maximum Gasteiger partial charge on any atom is 0.337 e. The Labute approximate surface area is 157 Å². The van der Waals surface area contributed by atoms with E-state index in [2.05, 4.69) is 4.74 Å². The van der Waals surface area contributed by atoms with Crippen molar-refractivity contribution in [1.82, 2.24) is 4.31 Å². The predicted molar refractivity (Wildman–Crippen MR) is 98.7 cm³/mol. The van der Waals surface area contributed by atoms with E-state index in [1.807, 2.05) is 17.5 Å². The number of nitrogens with zero attached hydrogens (tertiary/aromatic N) is 1. The largest absolute Gasteiger partial charge is 0.465 e. The Morgan fingerprint density at radius 3 is 2.50 bits per heavy atom. The first kappa shape index (κ1) is 19.0. The molecule has 8 heteroatoms. The van der Waals surface area contributed by atoms with Gasteiger partial charge in [-0.05, 0) is 48.6 Å². The van der Waals surface area contributed by atoms with E-state index in [4.69, 9.17) is 4.74 Å². The lowest BCUT2D eigenvalue weighted by atomic mass is 10.1. The molecule has 0 bridgehead atoms. The summed E-state index contributed by atoms with van der Waals surface area (Å²) in [6.07, 6.45) is 1.34. The van der Waals surface area contributed by atoms with Gasteiger partial charge < -0.3 is 9.47 Å². The third-order valence-electron chi connectivity index (χ3n) is 4.37. The van der Waals surface area contributed by atoms with Crippen LogP contribution in [0.5, 0.6) is 0 Å². The summed E-state index contributed by atoms with van der Waals surface area (Å²) in [5.74, 6) is -0.492. The van der Waals surface area contributed by atoms with Gasteiger partial charge in [0.15, 0.2) is 0 Å². The monoisotopic (exact) mass is 395 g/mol. The number of ether oxygens (including phenoxy) is 2. The molecule has 1 aromatic carbocycles. The number of thiophene rings is 1. The Balaban J connectivity index is 1.91. The van der Waals surface area contributed by atoms with Gasteiger partial charge >= 0.3 is 5.97 Å². The molecule has 6 nitrogen and oxygen atoms in total. The number of hydrogen-bond acceptors (Lipinski definition) is 6. The summed E-state index contributed by atoms with van der Waals surface area (Å²) in [4.78, 5) is 12.7. The minimum atomic E-state index is -3.69. The van der Waals surface area contributed by atoms with Gasteiger partial charge in [0.25, 0.3) is 0 Å². The molecule has 140 valence electrons. The minimum absolute atomic E-state index is 0.101. The summed E-state index contributed by atoms with van der Waals surface area (Å²) in [7, 11) is -2.40. The Kier molecular flexibility index (Phi) is 6.08. The molecule has 0 radical (unpaired) electrons. The second-order valence-corrected chi connectivity index (χ2v) is 8.91. The number of hydrogen-bond donors (Lipinski definition) is 0. The van der Waals surface area contributed by atoms with Crippen molar-refractivity contribution in [3.63, 3.8) is 0 Å². The van der Waals surface area contributed by atoms with Crippen molar-refractivity contribution in [2.24, 2.45) is 0 Å². The van der Waals surface area contributed by atoms with Gasteiger partial charge in [0.2, 0.25) is 10.0 Å². The molecule has 0 spiro atoms. The van der Waals surface area contributed by atoms with E-state index < -0.39 is 16.0 Å². The van der Waals surface area contributed by atoms with Crippen molar-refractivity contribution in [3.8, 4) is 0 Å². The normalized spacial score (nSPS) is 15.9. The van der Waals surface area contributed by atoms with Crippen LogP contribution in [0.1, 0.15) is 28.1 Å². The molecule has 1 fully saturated rings. The fraction of sp³-hybridized carbons (Fsp3) is 0.389. The zero-order valence-electron chi connectivity index (χ0n) is 14.5. The summed E-state index contributed by atoms with van der Waals surface area (Å²) in [6, 6.07) is 9.63. The van der Waals surface area contributed by atoms with Crippen molar-refractivity contribution < 1.29 is 22.7 Å². The molecule has 1 aliphatic heterocycles. The molecule has 2 heterocycles. The number of methoxy groups -OCH3 is 1. The minimum Gasteiger partial charge on any atom is -0.465 e. The topological polar surface area (TPSA) is 72.9 Å². The molecule has 0 amide bonds. The maximum atomic E-state index is 13.3. The van der Waals surface area contributed by atoms with Crippen LogP contribution < -0.4 is 0 Å². The average Bonchev–Trinajstić information content (AvgIpc) is 3.19. The summed E-state index contributed by atoms with van der Waals surface area (Å²) >= 11 is 1.54. The Morgan fingerprint density at radius 1 is 1.23 bits per heavy atom. The smallest absolute Gasteiger partial charge is 0.337 e. The molecule has 3 rings (SSSR count). The van der Waals surface area contributed by atoms with E-state index in [9.17, 15) is 13.2 Å². The van der Waals surface area contributed by atoms with Crippen LogP contribution in [0.3, 0.4) is 0 Å². The van der Waals surface area contributed by atoms with Gasteiger partial charge in [0.1, 0.15) is 0 Å². The number of carbonyl (C=O) groups is 1. The Morgan fingerprint density at radius 2 is 1.92 bits per heavy atom. The molecule has 0 atom stereocenters. The molecular weight excluding hydrogens is 374 g/mol. The molecular formula is C18H21NO5S2. The standard InChI is InChI=1S/C18H21NO5S2/c1-23-18(20)14-4-6-17(7-5-14)26(21,22)19(13-16-3-2-12-25-16)15-8-10-24-11-9-15/h2-7,12,15H,8-11,13H2,1H3. The highest BCUT2D eigenvalue weighted by Crippen LogP contribution is 2.27. The third-order valence-corrected chi connectivity index (χ3v) is 7.15. The first-order chi connectivity index (χ1) is 12.5. The SMILES string of the molecule is COC(=O)c1ccc(S(=O)(=O)N(Cc2cccs2)C2CCOCC2)cc1. The number of carbonyl (C=O) groups excluding carboxylic acids is 1. The van der Waals surface area contributed by atoms with E-state index in [1.165, 1.54) is 42.7 Å². The second-order valence-electron chi connectivity index (χ2n) is 5.99. The first-order valence-electron chi connectivity index (χ1n) is 8.32. The van der Waals surface area contributed by atoms with Gasteiger partial charge in [-0.25, -0.2) is 13.2 Å². The van der Waals surface area contributed by atoms with Crippen LogP contribution in [-0.4, -0.2) is 45.1 Å². The Bertz CT molecular complexity index is 825. The van der Waals surface area contributed by atoms with Crippen LogP contribution in [0.25, 0.3) is 0 Å². The predicted octanol–water partition coefficient (Wildman–Crippen LogP) is 2.90. The molecule has 1 aromatic heterocycles. The van der Waals surface area contributed by atoms with Crippen molar-refractivity contribution in [3.05, 3.63) is 52.2 Å². The van der Waals surface area contributed by atoms with Crippen molar-refractivity contribution >= 4 is 27.3 Å². The molecule has 2 aromatic rings. The van der Waals surface area contributed by atoms with Gasteiger partial charge in [-0.3, -0.25) is 0 Å². The van der Waals surface area contributed by atoms with Crippen LogP contribution >= 0.6 is 11.3 Å². The van der Waals surface area contributed by atoms with E-state index >= 15 is 0 Å². The van der Waals surface area contributed by atoms with Crippen LogP contribution in [0.2, 0.25) is 0 Å². The quantitative estimate of drug-likeness (QED) is 0.703. The van der Waals surface area contributed by atoms with Crippen molar-refractivity contribution in [2.75, 3.05) is 20.3 Å². The molecule has 1 saturated heterocycles. The summed E-state index contributed by atoms with van der Waals surface area (Å²) in [6.45, 7) is 1.45. The van der Waals surface area contributed by atoms with E-state index in [-0.39, 0.29) is 10.9 Å². The zero-order chi connectivity index (χ0) is 18.6. The first-order valence-corrected chi connectivity index (χ1v) is 10.6. The number of sulfonamides is 1. The van der Waals surface area contributed by atoms with Gasteiger partial charge in [-0.15, -0.1) is 11.3 Å². The fourth-order valence-corrected chi connectivity index (χ4v) is 5.40. The van der Waals surface area contributed by atoms with Crippen LogP contribution in [0.15, 0.2) is 46.7 Å². The van der Waals surface area contributed by atoms with Crippen molar-refractivity contribution in [2.45, 2.75) is 30.3 Å². The maximum absolute atomic E-state index is 13.3. The number of esters is 1. The van der Waals surface area contributed by atoms with Crippen LogP contribution in [-0.2, 0) is 26.0 Å². The number of benzene rings is 1. The van der Waals surface area contributed by atoms with Crippen molar-refractivity contribution in [1.29, 1.82) is 0 Å². The van der Waals surface area contributed by atoms with Gasteiger partial charge in [0.05, 0.1) is 17.6 Å². The summed E-state index contributed by atoms with van der Waals surface area (Å²) < 4.78 is 38.2. The third kappa shape index (κ3) is 4.15. The average molecular weight is 396 g/mol. The van der Waals surface area contributed by atoms with Crippen LogP contribution in [0, 0.1) is 0 Å². The molecule has 0 unspecified atom stereocenters. The molecule has 0 aliphatic carbocycles. The van der Waals surface area contributed by atoms with E-state index in [1.54, 1.807) is 4.31 Å². The highest BCUT2D eigenvalue weighted by Gasteiger charge is 2.33. The van der Waals surface area contributed by atoms with Crippen LogP contribution in [0.4, 0.5) is 0 Å². The molecule has 26 heavy (non-hydrogen) atoms. The summed E-state index contributed by atoms with van der Waals surface area (Å²) in [5.41, 5.74) is 0.322. The molecule has 1 aliphatic rings. The van der Waals surface area contributed by atoms with Gasteiger partial charge in [-0.1, -0.05) is 6.07 Å². The summed E-state index contributed by atoms with van der Waals surface area (Å²) in [5, 5.41) is 1.94. The lowest BCUT2D eigenvalue weighted by Crippen LogP contribution is -2.42. The molecule has 0 N–H and O–H groups in total. The lowest BCUT2D eigenvalue weighted by Gasteiger charge is -2.33. The zero-order valence-corrected chi connectivity index (χ0v) is 16.1. The van der Waals surface area contributed by atoms with E-state index in [0.717, 1.165) is 4.88 Å².